The highest BCUT2D eigenvalue weighted by Crippen LogP contribution is 2.27. The largest absolute Gasteiger partial charge is 0.379 e. The van der Waals surface area contributed by atoms with Gasteiger partial charge in [-0.1, -0.05) is 12.1 Å². The third-order valence-corrected chi connectivity index (χ3v) is 2.92. The van der Waals surface area contributed by atoms with Gasteiger partial charge >= 0.3 is 0 Å². The standard InChI is InChI=1S/C13H16N4O2/c1-10-4-3-5-12(17(18)19)13(10)14-7-6-11-8-15-16(2)9-11/h3-5,8-9,14H,6-7H2,1-2H3. The normalized spacial score (nSPS) is 10.4. The van der Waals surface area contributed by atoms with E-state index in [0.717, 1.165) is 17.5 Å². The molecule has 0 radical (unpaired) electrons. The predicted octanol–water partition coefficient (Wildman–Crippen LogP) is 2.29. The van der Waals surface area contributed by atoms with Crippen LogP contribution in [0, 0.1) is 17.0 Å². The van der Waals surface area contributed by atoms with Crippen LogP contribution in [-0.2, 0) is 13.5 Å². The molecule has 2 aromatic rings. The minimum Gasteiger partial charge on any atom is -0.379 e. The van der Waals surface area contributed by atoms with E-state index >= 15 is 0 Å². The molecule has 0 fully saturated rings. The van der Waals surface area contributed by atoms with Gasteiger partial charge in [-0.05, 0) is 24.5 Å². The van der Waals surface area contributed by atoms with Gasteiger partial charge in [0.2, 0.25) is 0 Å². The summed E-state index contributed by atoms with van der Waals surface area (Å²) in [5, 5.41) is 18.2. The molecule has 0 bridgehead atoms. The number of nitro groups is 1. The molecule has 1 N–H and O–H groups in total. The highest BCUT2D eigenvalue weighted by molar-refractivity contribution is 5.65. The maximum Gasteiger partial charge on any atom is 0.292 e. The number of aryl methyl sites for hydroxylation is 2. The quantitative estimate of drug-likeness (QED) is 0.661. The lowest BCUT2D eigenvalue weighted by Crippen LogP contribution is -2.08. The molecule has 0 aliphatic heterocycles. The summed E-state index contributed by atoms with van der Waals surface area (Å²) < 4.78 is 1.74. The molecule has 2 rings (SSSR count). The zero-order valence-electron chi connectivity index (χ0n) is 11.0. The van der Waals surface area contributed by atoms with Gasteiger partial charge in [0.1, 0.15) is 5.69 Å². The Kier molecular flexibility index (Phi) is 3.79. The van der Waals surface area contributed by atoms with Gasteiger partial charge < -0.3 is 5.32 Å². The topological polar surface area (TPSA) is 73.0 Å². The van der Waals surface area contributed by atoms with Crippen molar-refractivity contribution in [3.63, 3.8) is 0 Å². The van der Waals surface area contributed by atoms with Crippen molar-refractivity contribution in [1.29, 1.82) is 0 Å². The Hall–Kier alpha value is -2.37. The lowest BCUT2D eigenvalue weighted by Gasteiger charge is -2.09. The van der Waals surface area contributed by atoms with E-state index in [2.05, 4.69) is 10.4 Å². The van der Waals surface area contributed by atoms with E-state index in [4.69, 9.17) is 0 Å². The number of hydrogen-bond donors (Lipinski definition) is 1. The lowest BCUT2D eigenvalue weighted by atomic mass is 10.1. The Morgan fingerprint density at radius 1 is 1.47 bits per heavy atom. The number of para-hydroxylation sites is 1. The molecule has 1 heterocycles. The number of rotatable bonds is 5. The monoisotopic (exact) mass is 260 g/mol. The van der Waals surface area contributed by atoms with Crippen LogP contribution in [0.25, 0.3) is 0 Å². The molecule has 0 amide bonds. The number of nitrogens with zero attached hydrogens (tertiary/aromatic N) is 3. The summed E-state index contributed by atoms with van der Waals surface area (Å²) >= 11 is 0. The smallest absolute Gasteiger partial charge is 0.292 e. The summed E-state index contributed by atoms with van der Waals surface area (Å²) in [6.45, 7) is 2.50. The Morgan fingerprint density at radius 3 is 2.89 bits per heavy atom. The molecule has 6 nitrogen and oxygen atoms in total. The number of aromatic nitrogens is 2. The van der Waals surface area contributed by atoms with E-state index in [1.807, 2.05) is 26.2 Å². The van der Waals surface area contributed by atoms with Crippen molar-refractivity contribution in [3.8, 4) is 0 Å². The molecule has 0 saturated heterocycles. The Morgan fingerprint density at radius 2 is 2.26 bits per heavy atom. The fourth-order valence-corrected chi connectivity index (χ4v) is 1.97. The minimum atomic E-state index is -0.362. The first-order valence-electron chi connectivity index (χ1n) is 6.03. The SMILES string of the molecule is Cc1cccc([N+](=O)[O-])c1NCCc1cnn(C)c1. The van der Waals surface area contributed by atoms with Gasteiger partial charge in [0.25, 0.3) is 5.69 Å². The molecule has 0 aliphatic rings. The molecule has 0 unspecified atom stereocenters. The van der Waals surface area contributed by atoms with E-state index in [1.54, 1.807) is 16.9 Å². The third-order valence-electron chi connectivity index (χ3n) is 2.92. The fourth-order valence-electron chi connectivity index (χ4n) is 1.97. The Balaban J connectivity index is 2.05. The molecular formula is C13H16N4O2. The molecule has 100 valence electrons. The van der Waals surface area contributed by atoms with Gasteiger partial charge in [0, 0.05) is 25.9 Å². The molecule has 0 spiro atoms. The van der Waals surface area contributed by atoms with E-state index in [9.17, 15) is 10.1 Å². The van der Waals surface area contributed by atoms with Crippen LogP contribution >= 0.6 is 0 Å². The van der Waals surface area contributed by atoms with Crippen LogP contribution in [0.4, 0.5) is 11.4 Å². The van der Waals surface area contributed by atoms with Crippen molar-refractivity contribution in [2.24, 2.45) is 7.05 Å². The Bertz CT molecular complexity index is 592. The number of nitrogens with one attached hydrogen (secondary N) is 1. The number of hydrogen-bond acceptors (Lipinski definition) is 4. The summed E-state index contributed by atoms with van der Waals surface area (Å²) in [7, 11) is 1.86. The van der Waals surface area contributed by atoms with Crippen LogP contribution in [0.3, 0.4) is 0 Å². The van der Waals surface area contributed by atoms with E-state index < -0.39 is 0 Å². The third kappa shape index (κ3) is 3.09. The highest BCUT2D eigenvalue weighted by atomic mass is 16.6. The molecule has 19 heavy (non-hydrogen) atoms. The number of benzene rings is 1. The molecular weight excluding hydrogens is 244 g/mol. The molecule has 0 aliphatic carbocycles. The van der Waals surface area contributed by atoms with Gasteiger partial charge in [-0.3, -0.25) is 14.8 Å². The average molecular weight is 260 g/mol. The van der Waals surface area contributed by atoms with Gasteiger partial charge in [-0.25, -0.2) is 0 Å². The fraction of sp³-hybridized carbons (Fsp3) is 0.308. The maximum atomic E-state index is 11.0. The van der Waals surface area contributed by atoms with Crippen LogP contribution in [0.2, 0.25) is 0 Å². The summed E-state index contributed by atoms with van der Waals surface area (Å²) in [4.78, 5) is 10.6. The summed E-state index contributed by atoms with van der Waals surface area (Å²) in [5.74, 6) is 0. The minimum absolute atomic E-state index is 0.117. The summed E-state index contributed by atoms with van der Waals surface area (Å²) in [6, 6.07) is 5.07. The van der Waals surface area contributed by atoms with Crippen molar-refractivity contribution < 1.29 is 4.92 Å². The number of nitro benzene ring substituents is 1. The first-order chi connectivity index (χ1) is 9.08. The molecule has 1 aromatic carbocycles. The van der Waals surface area contributed by atoms with Crippen molar-refractivity contribution >= 4 is 11.4 Å². The summed E-state index contributed by atoms with van der Waals surface area (Å²) in [6.07, 6.45) is 4.52. The van der Waals surface area contributed by atoms with Gasteiger partial charge in [0.05, 0.1) is 11.1 Å². The first-order valence-corrected chi connectivity index (χ1v) is 6.03. The van der Waals surface area contributed by atoms with Crippen LogP contribution in [0.1, 0.15) is 11.1 Å². The van der Waals surface area contributed by atoms with Crippen molar-refractivity contribution in [2.75, 3.05) is 11.9 Å². The van der Waals surface area contributed by atoms with E-state index in [0.29, 0.717) is 12.2 Å². The van der Waals surface area contributed by atoms with E-state index in [1.165, 1.54) is 6.07 Å². The molecule has 0 atom stereocenters. The van der Waals surface area contributed by atoms with Gasteiger partial charge in [-0.2, -0.15) is 5.10 Å². The van der Waals surface area contributed by atoms with Crippen LogP contribution in [0.5, 0.6) is 0 Å². The van der Waals surface area contributed by atoms with Crippen LogP contribution < -0.4 is 5.32 Å². The molecule has 0 saturated carbocycles. The zero-order valence-corrected chi connectivity index (χ0v) is 11.0. The van der Waals surface area contributed by atoms with Crippen molar-refractivity contribution in [2.45, 2.75) is 13.3 Å². The second kappa shape index (κ2) is 5.51. The van der Waals surface area contributed by atoms with Crippen LogP contribution in [-0.4, -0.2) is 21.2 Å². The zero-order chi connectivity index (χ0) is 13.8. The second-order valence-electron chi connectivity index (χ2n) is 4.43. The van der Waals surface area contributed by atoms with Crippen molar-refractivity contribution in [1.82, 2.24) is 9.78 Å². The second-order valence-corrected chi connectivity index (χ2v) is 4.43. The van der Waals surface area contributed by atoms with Crippen molar-refractivity contribution in [3.05, 3.63) is 51.8 Å². The van der Waals surface area contributed by atoms with E-state index in [-0.39, 0.29) is 10.6 Å². The predicted molar refractivity (Wildman–Crippen MR) is 73.2 cm³/mol. The number of anilines is 1. The lowest BCUT2D eigenvalue weighted by molar-refractivity contribution is -0.384. The first kappa shape index (κ1) is 13.1. The van der Waals surface area contributed by atoms with Gasteiger partial charge in [-0.15, -0.1) is 0 Å². The Labute approximate surface area is 111 Å². The highest BCUT2D eigenvalue weighted by Gasteiger charge is 2.14. The molecule has 1 aromatic heterocycles. The average Bonchev–Trinajstić information content (AvgIpc) is 2.77. The summed E-state index contributed by atoms with van der Waals surface area (Å²) in [5.41, 5.74) is 2.69. The van der Waals surface area contributed by atoms with Gasteiger partial charge in [0.15, 0.2) is 0 Å². The van der Waals surface area contributed by atoms with Crippen LogP contribution in [0.15, 0.2) is 30.6 Å². The maximum absolute atomic E-state index is 11.0. The molecule has 6 heteroatoms.